The van der Waals surface area contributed by atoms with Gasteiger partial charge in [0.25, 0.3) is 5.69 Å². The van der Waals surface area contributed by atoms with Gasteiger partial charge in [-0.1, -0.05) is 12.1 Å². The van der Waals surface area contributed by atoms with Crippen molar-refractivity contribution < 1.29 is 14.5 Å². The number of ether oxygens (including phenoxy) is 1. The number of aromatic nitrogens is 1. The van der Waals surface area contributed by atoms with Gasteiger partial charge < -0.3 is 4.74 Å². The van der Waals surface area contributed by atoms with Crippen LogP contribution < -0.4 is 0 Å². The van der Waals surface area contributed by atoms with Gasteiger partial charge in [-0.15, -0.1) is 0 Å². The Balaban J connectivity index is 2.46. The number of hydrogen-bond acceptors (Lipinski definition) is 5. The number of pyridine rings is 1. The van der Waals surface area contributed by atoms with E-state index in [2.05, 4.69) is 4.98 Å². The first-order chi connectivity index (χ1) is 10.0. The fourth-order valence-electron chi connectivity index (χ4n) is 1.99. The molecule has 21 heavy (non-hydrogen) atoms. The third-order valence-corrected chi connectivity index (χ3v) is 2.96. The second kappa shape index (κ2) is 6.13. The molecule has 2 aromatic rings. The SMILES string of the molecule is CCOC(=O)c1ccc(-c2ccccc2[N+](=O)[O-])nc1C. The molecule has 0 fully saturated rings. The lowest BCUT2D eigenvalue weighted by atomic mass is 10.1. The normalized spacial score (nSPS) is 10.2. The highest BCUT2D eigenvalue weighted by Gasteiger charge is 2.17. The number of esters is 1. The van der Waals surface area contributed by atoms with Crippen LogP contribution in [0.5, 0.6) is 0 Å². The summed E-state index contributed by atoms with van der Waals surface area (Å²) in [5.41, 5.74) is 1.69. The zero-order valence-electron chi connectivity index (χ0n) is 11.7. The van der Waals surface area contributed by atoms with E-state index in [1.165, 1.54) is 6.07 Å². The van der Waals surface area contributed by atoms with Crippen molar-refractivity contribution in [3.63, 3.8) is 0 Å². The standard InChI is InChI=1S/C15H14N2O4/c1-3-21-15(18)11-8-9-13(16-10(11)2)12-6-4-5-7-14(12)17(19)20/h4-9H,3H2,1-2H3. The molecule has 0 atom stereocenters. The second-order valence-electron chi connectivity index (χ2n) is 4.32. The molecule has 0 aliphatic carbocycles. The highest BCUT2D eigenvalue weighted by atomic mass is 16.6. The van der Waals surface area contributed by atoms with Crippen molar-refractivity contribution in [1.29, 1.82) is 0 Å². The Kier molecular flexibility index (Phi) is 4.27. The lowest BCUT2D eigenvalue weighted by Gasteiger charge is -2.07. The van der Waals surface area contributed by atoms with Crippen LogP contribution in [0.3, 0.4) is 0 Å². The lowest BCUT2D eigenvalue weighted by Crippen LogP contribution is -2.08. The summed E-state index contributed by atoms with van der Waals surface area (Å²) in [6, 6.07) is 9.52. The van der Waals surface area contributed by atoms with Crippen LogP contribution in [0.2, 0.25) is 0 Å². The molecule has 6 nitrogen and oxygen atoms in total. The molecule has 0 radical (unpaired) electrons. The Labute approximate surface area is 121 Å². The van der Waals surface area contributed by atoms with E-state index in [0.29, 0.717) is 22.5 Å². The minimum absolute atomic E-state index is 0.0201. The highest BCUT2D eigenvalue weighted by molar-refractivity contribution is 5.91. The average molecular weight is 286 g/mol. The molecule has 1 aromatic carbocycles. The number of rotatable bonds is 4. The number of carbonyl (C=O) groups is 1. The van der Waals surface area contributed by atoms with Crippen LogP contribution in [-0.2, 0) is 4.74 Å². The summed E-state index contributed by atoms with van der Waals surface area (Å²) in [5, 5.41) is 11.0. The number of hydrogen-bond donors (Lipinski definition) is 0. The van der Waals surface area contributed by atoms with Crippen molar-refractivity contribution in [1.82, 2.24) is 4.98 Å². The average Bonchev–Trinajstić information content (AvgIpc) is 2.47. The Morgan fingerprint density at radius 3 is 2.62 bits per heavy atom. The molecule has 0 aliphatic rings. The Morgan fingerprint density at radius 2 is 2.00 bits per heavy atom. The van der Waals surface area contributed by atoms with Crippen LogP contribution in [0.1, 0.15) is 23.0 Å². The molecular weight excluding hydrogens is 272 g/mol. The first kappa shape index (κ1) is 14.6. The van der Waals surface area contributed by atoms with E-state index in [-0.39, 0.29) is 12.3 Å². The Bertz CT molecular complexity index is 698. The van der Waals surface area contributed by atoms with E-state index >= 15 is 0 Å². The van der Waals surface area contributed by atoms with Crippen molar-refractivity contribution >= 4 is 11.7 Å². The van der Waals surface area contributed by atoms with Crippen molar-refractivity contribution in [2.24, 2.45) is 0 Å². The van der Waals surface area contributed by atoms with Gasteiger partial charge in [-0.25, -0.2) is 4.79 Å². The smallest absolute Gasteiger partial charge is 0.339 e. The summed E-state index contributed by atoms with van der Waals surface area (Å²) < 4.78 is 4.93. The summed E-state index contributed by atoms with van der Waals surface area (Å²) in [6.45, 7) is 3.68. The van der Waals surface area contributed by atoms with E-state index in [0.717, 1.165) is 0 Å². The van der Waals surface area contributed by atoms with E-state index in [4.69, 9.17) is 4.74 Å². The molecule has 0 bridgehead atoms. The third kappa shape index (κ3) is 3.05. The zero-order chi connectivity index (χ0) is 15.4. The molecule has 0 N–H and O–H groups in total. The molecule has 0 saturated heterocycles. The summed E-state index contributed by atoms with van der Waals surface area (Å²) in [5.74, 6) is -0.448. The van der Waals surface area contributed by atoms with Crippen molar-refractivity contribution in [3.05, 3.63) is 57.8 Å². The van der Waals surface area contributed by atoms with Crippen molar-refractivity contribution in [2.45, 2.75) is 13.8 Å². The van der Waals surface area contributed by atoms with Gasteiger partial charge in [0.15, 0.2) is 0 Å². The van der Waals surface area contributed by atoms with Gasteiger partial charge in [0.05, 0.1) is 34.0 Å². The quantitative estimate of drug-likeness (QED) is 0.490. The number of carbonyl (C=O) groups excluding carboxylic acids is 1. The molecule has 1 heterocycles. The maximum absolute atomic E-state index is 11.7. The maximum atomic E-state index is 11.7. The second-order valence-corrected chi connectivity index (χ2v) is 4.32. The van der Waals surface area contributed by atoms with Crippen molar-refractivity contribution in [2.75, 3.05) is 6.61 Å². The Morgan fingerprint density at radius 1 is 1.29 bits per heavy atom. The first-order valence-electron chi connectivity index (χ1n) is 6.43. The van der Waals surface area contributed by atoms with Gasteiger partial charge in [-0.3, -0.25) is 15.1 Å². The minimum Gasteiger partial charge on any atom is -0.462 e. The molecule has 1 aromatic heterocycles. The topological polar surface area (TPSA) is 82.3 Å². The number of nitrogens with zero attached hydrogens (tertiary/aromatic N) is 2. The fraction of sp³-hybridized carbons (Fsp3) is 0.200. The molecule has 0 spiro atoms. The van der Waals surface area contributed by atoms with Crippen LogP contribution >= 0.6 is 0 Å². The zero-order valence-corrected chi connectivity index (χ0v) is 11.7. The van der Waals surface area contributed by atoms with Crippen LogP contribution in [-0.4, -0.2) is 22.5 Å². The van der Waals surface area contributed by atoms with E-state index < -0.39 is 10.9 Å². The van der Waals surface area contributed by atoms with Crippen LogP contribution in [0.4, 0.5) is 5.69 Å². The highest BCUT2D eigenvalue weighted by Crippen LogP contribution is 2.28. The molecule has 2 rings (SSSR count). The predicted molar refractivity (Wildman–Crippen MR) is 77.0 cm³/mol. The van der Waals surface area contributed by atoms with Gasteiger partial charge in [-0.2, -0.15) is 0 Å². The van der Waals surface area contributed by atoms with Gasteiger partial charge in [0, 0.05) is 6.07 Å². The van der Waals surface area contributed by atoms with E-state index in [1.54, 1.807) is 44.2 Å². The molecule has 0 aliphatic heterocycles. The number of nitro benzene ring substituents is 1. The van der Waals surface area contributed by atoms with E-state index in [1.807, 2.05) is 0 Å². The first-order valence-corrected chi connectivity index (χ1v) is 6.43. The van der Waals surface area contributed by atoms with E-state index in [9.17, 15) is 14.9 Å². The molecule has 108 valence electrons. The summed E-state index contributed by atoms with van der Waals surface area (Å²) in [4.78, 5) is 26.6. The maximum Gasteiger partial charge on any atom is 0.339 e. The molecule has 0 saturated carbocycles. The van der Waals surface area contributed by atoms with Crippen LogP contribution in [0.25, 0.3) is 11.3 Å². The van der Waals surface area contributed by atoms with Gasteiger partial charge in [0.2, 0.25) is 0 Å². The summed E-state index contributed by atoms with van der Waals surface area (Å²) in [7, 11) is 0. The number of aryl methyl sites for hydroxylation is 1. The van der Waals surface area contributed by atoms with Crippen LogP contribution in [0.15, 0.2) is 36.4 Å². The number of benzene rings is 1. The Hall–Kier alpha value is -2.76. The van der Waals surface area contributed by atoms with Crippen molar-refractivity contribution in [3.8, 4) is 11.3 Å². The summed E-state index contributed by atoms with van der Waals surface area (Å²) in [6.07, 6.45) is 0. The largest absolute Gasteiger partial charge is 0.462 e. The molecule has 6 heteroatoms. The summed E-state index contributed by atoms with van der Waals surface area (Å²) >= 11 is 0. The molecule has 0 amide bonds. The predicted octanol–water partition coefficient (Wildman–Crippen LogP) is 3.14. The molecular formula is C15H14N2O4. The minimum atomic E-state index is -0.453. The lowest BCUT2D eigenvalue weighted by molar-refractivity contribution is -0.384. The molecule has 0 unspecified atom stereocenters. The number of para-hydroxylation sites is 1. The monoisotopic (exact) mass is 286 g/mol. The van der Waals surface area contributed by atoms with Crippen LogP contribution in [0, 0.1) is 17.0 Å². The van der Waals surface area contributed by atoms with Gasteiger partial charge in [-0.05, 0) is 32.0 Å². The van der Waals surface area contributed by atoms with Gasteiger partial charge in [0.1, 0.15) is 0 Å². The third-order valence-electron chi connectivity index (χ3n) is 2.96. The fourth-order valence-corrected chi connectivity index (χ4v) is 1.99. The van der Waals surface area contributed by atoms with Gasteiger partial charge >= 0.3 is 5.97 Å². The number of nitro groups is 1.